The molecule has 1 amide bonds. The lowest BCUT2D eigenvalue weighted by molar-refractivity contribution is -0.120. The third kappa shape index (κ3) is 5.14. The highest BCUT2D eigenvalue weighted by Gasteiger charge is 2.23. The standard InChI is InChI=1S/C28H25ClN6O3/c1-16(36)34-28(2,3)23-11-10-20(14-30-23)38-27-31-22-13-21(29)25(32-26(22)33-27)18-7-5-17(6-8-18)19-9-12-24(37)35(4)15-19/h5-15H,1-4H3,(H,34,36)(H,31,32,33). The zero-order valence-electron chi connectivity index (χ0n) is 21.2. The van der Waals surface area contributed by atoms with Gasteiger partial charge in [-0.05, 0) is 49.2 Å². The van der Waals surface area contributed by atoms with Gasteiger partial charge in [0.2, 0.25) is 11.5 Å². The van der Waals surface area contributed by atoms with Crippen molar-refractivity contribution in [2.75, 3.05) is 0 Å². The molecule has 0 fully saturated rings. The fourth-order valence-electron chi connectivity index (χ4n) is 4.16. The Morgan fingerprint density at radius 1 is 1.03 bits per heavy atom. The van der Waals surface area contributed by atoms with Gasteiger partial charge < -0.3 is 19.6 Å². The molecule has 4 heterocycles. The van der Waals surface area contributed by atoms with Gasteiger partial charge >= 0.3 is 6.01 Å². The number of carbonyl (C=O) groups is 1. The number of rotatable bonds is 6. The van der Waals surface area contributed by atoms with Gasteiger partial charge in [0.15, 0.2) is 5.65 Å². The van der Waals surface area contributed by atoms with Crippen LogP contribution in [0, 0.1) is 0 Å². The predicted molar refractivity (Wildman–Crippen MR) is 146 cm³/mol. The van der Waals surface area contributed by atoms with Crippen molar-refractivity contribution >= 4 is 28.7 Å². The van der Waals surface area contributed by atoms with Crippen LogP contribution in [0.25, 0.3) is 33.5 Å². The van der Waals surface area contributed by atoms with Gasteiger partial charge in [0.25, 0.3) is 0 Å². The highest BCUT2D eigenvalue weighted by molar-refractivity contribution is 6.33. The van der Waals surface area contributed by atoms with Crippen LogP contribution in [0.4, 0.5) is 0 Å². The number of aromatic nitrogens is 5. The fourth-order valence-corrected chi connectivity index (χ4v) is 4.42. The van der Waals surface area contributed by atoms with Crippen LogP contribution in [0.15, 0.2) is 71.8 Å². The molecule has 0 saturated heterocycles. The van der Waals surface area contributed by atoms with E-state index in [2.05, 4.69) is 25.3 Å². The number of amides is 1. The van der Waals surface area contributed by atoms with E-state index in [0.717, 1.165) is 16.7 Å². The lowest BCUT2D eigenvalue weighted by Crippen LogP contribution is -2.40. The minimum atomic E-state index is -0.613. The number of ether oxygens (including phenoxy) is 1. The summed E-state index contributed by atoms with van der Waals surface area (Å²) in [4.78, 5) is 39.8. The van der Waals surface area contributed by atoms with Crippen LogP contribution in [0.1, 0.15) is 26.5 Å². The fraction of sp³-hybridized carbons (Fsp3) is 0.179. The molecule has 2 N–H and O–H groups in total. The molecule has 5 rings (SSSR count). The number of nitrogens with zero attached hydrogens (tertiary/aromatic N) is 4. The summed E-state index contributed by atoms with van der Waals surface area (Å²) in [5.41, 5.74) is 4.44. The van der Waals surface area contributed by atoms with Crippen LogP contribution in [-0.4, -0.2) is 30.4 Å². The Hall–Kier alpha value is -4.50. The number of imidazole rings is 1. The van der Waals surface area contributed by atoms with Crippen molar-refractivity contribution in [1.29, 1.82) is 0 Å². The van der Waals surface area contributed by atoms with E-state index in [0.29, 0.717) is 33.3 Å². The number of hydrogen-bond donors (Lipinski definition) is 2. The molecule has 0 radical (unpaired) electrons. The summed E-state index contributed by atoms with van der Waals surface area (Å²) in [7, 11) is 1.72. The van der Waals surface area contributed by atoms with Gasteiger partial charge in [0.05, 0.1) is 33.7 Å². The quantitative estimate of drug-likeness (QED) is 0.313. The summed E-state index contributed by atoms with van der Waals surface area (Å²) in [6.45, 7) is 5.22. The maximum Gasteiger partial charge on any atom is 0.301 e. The highest BCUT2D eigenvalue weighted by Crippen LogP contribution is 2.32. The van der Waals surface area contributed by atoms with Gasteiger partial charge in [-0.1, -0.05) is 35.9 Å². The van der Waals surface area contributed by atoms with Gasteiger partial charge in [0, 0.05) is 31.8 Å². The van der Waals surface area contributed by atoms with Crippen LogP contribution >= 0.6 is 11.6 Å². The molecule has 0 aliphatic carbocycles. The molecule has 0 saturated carbocycles. The van der Waals surface area contributed by atoms with Crippen molar-refractivity contribution in [2.24, 2.45) is 7.05 Å². The molecule has 0 atom stereocenters. The summed E-state index contributed by atoms with van der Waals surface area (Å²) < 4.78 is 7.40. The van der Waals surface area contributed by atoms with Gasteiger partial charge in [-0.2, -0.15) is 4.98 Å². The molecule has 0 unspecified atom stereocenters. The molecule has 0 spiro atoms. The number of aromatic amines is 1. The molecule has 9 nitrogen and oxygen atoms in total. The Kier molecular flexibility index (Phi) is 6.46. The monoisotopic (exact) mass is 528 g/mol. The molecular weight excluding hydrogens is 504 g/mol. The number of aryl methyl sites for hydroxylation is 1. The maximum atomic E-state index is 11.7. The molecule has 5 aromatic rings. The van der Waals surface area contributed by atoms with E-state index >= 15 is 0 Å². The summed E-state index contributed by atoms with van der Waals surface area (Å²) >= 11 is 6.57. The zero-order chi connectivity index (χ0) is 27.0. The number of nitrogens with one attached hydrogen (secondary N) is 2. The summed E-state index contributed by atoms with van der Waals surface area (Å²) in [5.74, 6) is 0.344. The van der Waals surface area contributed by atoms with E-state index < -0.39 is 5.54 Å². The van der Waals surface area contributed by atoms with Crippen molar-refractivity contribution < 1.29 is 9.53 Å². The van der Waals surface area contributed by atoms with E-state index in [4.69, 9.17) is 16.3 Å². The third-order valence-electron chi connectivity index (χ3n) is 6.06. The smallest absolute Gasteiger partial charge is 0.301 e. The minimum Gasteiger partial charge on any atom is -0.424 e. The number of benzene rings is 1. The lowest BCUT2D eigenvalue weighted by atomic mass is 10.00. The van der Waals surface area contributed by atoms with E-state index in [1.807, 2.05) is 38.1 Å². The summed E-state index contributed by atoms with van der Waals surface area (Å²) in [6.07, 6.45) is 3.37. The first-order chi connectivity index (χ1) is 18.1. The second kappa shape index (κ2) is 9.75. The van der Waals surface area contributed by atoms with Crippen molar-refractivity contribution in [3.8, 4) is 34.1 Å². The molecular formula is C28H25ClN6O3. The van der Waals surface area contributed by atoms with Gasteiger partial charge in [-0.3, -0.25) is 14.6 Å². The van der Waals surface area contributed by atoms with Crippen molar-refractivity contribution in [3.63, 3.8) is 0 Å². The Labute approximate surface area is 223 Å². The molecule has 0 aliphatic rings. The van der Waals surface area contributed by atoms with E-state index in [-0.39, 0.29) is 17.5 Å². The predicted octanol–water partition coefficient (Wildman–Crippen LogP) is 5.20. The van der Waals surface area contributed by atoms with Gasteiger partial charge in [-0.15, -0.1) is 0 Å². The Morgan fingerprint density at radius 2 is 1.74 bits per heavy atom. The third-order valence-corrected chi connectivity index (χ3v) is 6.35. The number of fused-ring (bicyclic) bond motifs is 1. The van der Waals surface area contributed by atoms with Crippen molar-refractivity contribution in [3.05, 3.63) is 88.1 Å². The molecule has 192 valence electrons. The number of carbonyl (C=O) groups excluding carboxylic acids is 1. The Morgan fingerprint density at radius 3 is 2.39 bits per heavy atom. The minimum absolute atomic E-state index is 0.0591. The molecule has 0 aliphatic heterocycles. The number of H-pyrrole nitrogens is 1. The second-order valence-corrected chi connectivity index (χ2v) is 9.87. The normalized spacial score (nSPS) is 11.5. The average molecular weight is 529 g/mol. The summed E-state index contributed by atoms with van der Waals surface area (Å²) in [5, 5.41) is 3.33. The van der Waals surface area contributed by atoms with Gasteiger partial charge in [-0.25, -0.2) is 4.98 Å². The number of pyridine rings is 3. The first-order valence-corrected chi connectivity index (χ1v) is 12.2. The van der Waals surface area contributed by atoms with Crippen LogP contribution in [0.5, 0.6) is 11.8 Å². The molecule has 10 heteroatoms. The van der Waals surface area contributed by atoms with E-state index in [9.17, 15) is 9.59 Å². The highest BCUT2D eigenvalue weighted by atomic mass is 35.5. The van der Waals surface area contributed by atoms with E-state index in [1.165, 1.54) is 6.92 Å². The molecule has 1 aromatic carbocycles. The second-order valence-electron chi connectivity index (χ2n) is 9.46. The average Bonchev–Trinajstić information content (AvgIpc) is 3.26. The number of hydrogen-bond acceptors (Lipinski definition) is 6. The van der Waals surface area contributed by atoms with E-state index in [1.54, 1.807) is 54.3 Å². The van der Waals surface area contributed by atoms with Crippen LogP contribution in [-0.2, 0) is 17.4 Å². The zero-order valence-corrected chi connectivity index (χ0v) is 22.0. The SMILES string of the molecule is CC(=O)NC(C)(C)c1ccc(Oc2nc3nc(-c4ccc(-c5ccc(=O)n(C)c5)cc4)c(Cl)cc3[nH]2)cn1. The van der Waals surface area contributed by atoms with Crippen molar-refractivity contribution in [1.82, 2.24) is 29.8 Å². The maximum absolute atomic E-state index is 11.7. The molecule has 0 bridgehead atoms. The Bertz CT molecular complexity index is 1710. The first kappa shape index (κ1) is 25.2. The topological polar surface area (TPSA) is 115 Å². The van der Waals surface area contributed by atoms with Crippen LogP contribution < -0.4 is 15.6 Å². The number of halogens is 1. The summed E-state index contributed by atoms with van der Waals surface area (Å²) in [6, 6.07) is 16.7. The van der Waals surface area contributed by atoms with Crippen molar-refractivity contribution in [2.45, 2.75) is 26.3 Å². The molecule has 38 heavy (non-hydrogen) atoms. The Balaban J connectivity index is 1.37. The van der Waals surface area contributed by atoms with Crippen LogP contribution in [0.2, 0.25) is 5.02 Å². The lowest BCUT2D eigenvalue weighted by Gasteiger charge is -2.24. The largest absolute Gasteiger partial charge is 0.424 e. The first-order valence-electron chi connectivity index (χ1n) is 11.9. The van der Waals surface area contributed by atoms with Crippen LogP contribution in [0.3, 0.4) is 0 Å². The molecule has 4 aromatic heterocycles. The van der Waals surface area contributed by atoms with Gasteiger partial charge in [0.1, 0.15) is 5.75 Å².